The molecule has 0 atom stereocenters. The van der Waals surface area contributed by atoms with Gasteiger partial charge in [-0.25, -0.2) is 13.6 Å². The molecular formula is C11H11BrN2O3S. The highest BCUT2D eigenvalue weighted by Gasteiger charge is 2.12. The number of halogens is 1. The Balaban J connectivity index is 2.05. The molecule has 0 fully saturated rings. The van der Waals surface area contributed by atoms with Crippen LogP contribution in [0.1, 0.15) is 5.76 Å². The third-order valence-corrected chi connectivity index (χ3v) is 3.48. The topological polar surface area (TPSA) is 85.3 Å². The molecule has 2 rings (SSSR count). The van der Waals surface area contributed by atoms with Gasteiger partial charge in [-0.15, -0.1) is 0 Å². The average Bonchev–Trinajstić information content (AvgIpc) is 2.74. The van der Waals surface area contributed by atoms with Gasteiger partial charge in [-0.3, -0.25) is 0 Å². The second kappa shape index (κ2) is 5.13. The molecule has 96 valence electrons. The van der Waals surface area contributed by atoms with Crippen LogP contribution < -0.4 is 10.5 Å². The van der Waals surface area contributed by atoms with E-state index in [0.29, 0.717) is 12.3 Å². The van der Waals surface area contributed by atoms with Gasteiger partial charge in [0.2, 0.25) is 5.09 Å². The smallest absolute Gasteiger partial charge is 0.271 e. The number of rotatable bonds is 4. The standard InChI is InChI=1S/C11H11BrN2O3S/c12-8-2-1-3-9(6-8)14-7-10-4-5-11(17-10)18(13,15)16/h1-6,14H,7H2,(H2,13,15,16). The van der Waals surface area contributed by atoms with E-state index in [1.807, 2.05) is 24.3 Å². The largest absolute Gasteiger partial charge is 0.446 e. The quantitative estimate of drug-likeness (QED) is 0.900. The number of hydrogen-bond acceptors (Lipinski definition) is 4. The summed E-state index contributed by atoms with van der Waals surface area (Å²) < 4.78 is 28.1. The van der Waals surface area contributed by atoms with E-state index in [2.05, 4.69) is 21.2 Å². The zero-order valence-corrected chi connectivity index (χ0v) is 11.7. The lowest BCUT2D eigenvalue weighted by Gasteiger charge is -2.04. The van der Waals surface area contributed by atoms with Gasteiger partial charge in [-0.2, -0.15) is 0 Å². The fraction of sp³-hybridized carbons (Fsp3) is 0.0909. The normalized spacial score (nSPS) is 11.4. The molecule has 7 heteroatoms. The van der Waals surface area contributed by atoms with E-state index in [-0.39, 0.29) is 5.09 Å². The molecule has 1 aromatic heterocycles. The second-order valence-corrected chi connectivity index (χ2v) is 6.04. The molecule has 1 aromatic carbocycles. The Morgan fingerprint density at radius 3 is 2.67 bits per heavy atom. The molecular weight excluding hydrogens is 320 g/mol. The van der Waals surface area contributed by atoms with Crippen molar-refractivity contribution in [1.82, 2.24) is 0 Å². The molecule has 0 aliphatic carbocycles. The number of nitrogens with two attached hydrogens (primary N) is 1. The summed E-state index contributed by atoms with van der Waals surface area (Å²) in [4.78, 5) is 0. The maximum absolute atomic E-state index is 11.0. The molecule has 0 bridgehead atoms. The van der Waals surface area contributed by atoms with E-state index in [1.165, 1.54) is 6.07 Å². The zero-order chi connectivity index (χ0) is 13.2. The summed E-state index contributed by atoms with van der Waals surface area (Å²) in [6.07, 6.45) is 0. The molecule has 2 aromatic rings. The van der Waals surface area contributed by atoms with Crippen molar-refractivity contribution < 1.29 is 12.8 Å². The molecule has 5 nitrogen and oxygen atoms in total. The van der Waals surface area contributed by atoms with Crippen molar-refractivity contribution in [3.63, 3.8) is 0 Å². The number of anilines is 1. The molecule has 0 radical (unpaired) electrons. The van der Waals surface area contributed by atoms with Crippen LogP contribution in [0.2, 0.25) is 0 Å². The van der Waals surface area contributed by atoms with E-state index in [1.54, 1.807) is 6.07 Å². The lowest BCUT2D eigenvalue weighted by molar-refractivity contribution is 0.419. The van der Waals surface area contributed by atoms with Gasteiger partial charge in [0.25, 0.3) is 10.0 Å². The van der Waals surface area contributed by atoms with Crippen LogP contribution >= 0.6 is 15.9 Å². The molecule has 0 amide bonds. The number of furan rings is 1. The molecule has 0 unspecified atom stereocenters. The van der Waals surface area contributed by atoms with Crippen molar-refractivity contribution in [2.24, 2.45) is 5.14 Å². The van der Waals surface area contributed by atoms with Crippen LogP contribution in [-0.2, 0) is 16.6 Å². The summed E-state index contributed by atoms with van der Waals surface area (Å²) in [7, 11) is -3.77. The zero-order valence-electron chi connectivity index (χ0n) is 9.26. The van der Waals surface area contributed by atoms with E-state index < -0.39 is 10.0 Å². The minimum atomic E-state index is -3.77. The molecule has 0 saturated heterocycles. The SMILES string of the molecule is NS(=O)(=O)c1ccc(CNc2cccc(Br)c2)o1. The molecule has 0 spiro atoms. The summed E-state index contributed by atoms with van der Waals surface area (Å²) in [5, 5.41) is 7.83. The summed E-state index contributed by atoms with van der Waals surface area (Å²) in [6.45, 7) is 0.381. The predicted molar refractivity (Wildman–Crippen MR) is 71.5 cm³/mol. The van der Waals surface area contributed by atoms with E-state index in [4.69, 9.17) is 9.56 Å². The molecule has 0 aliphatic heterocycles. The lowest BCUT2D eigenvalue weighted by atomic mass is 10.3. The highest BCUT2D eigenvalue weighted by molar-refractivity contribution is 9.10. The Morgan fingerprint density at radius 2 is 2.06 bits per heavy atom. The van der Waals surface area contributed by atoms with Crippen LogP contribution in [0.15, 0.2) is 50.4 Å². The van der Waals surface area contributed by atoms with Crippen LogP contribution in [0.3, 0.4) is 0 Å². The third-order valence-electron chi connectivity index (χ3n) is 2.21. The maximum atomic E-state index is 11.0. The molecule has 1 heterocycles. The average molecular weight is 331 g/mol. The first-order valence-corrected chi connectivity index (χ1v) is 7.40. The Kier molecular flexibility index (Phi) is 3.74. The summed E-state index contributed by atoms with van der Waals surface area (Å²) >= 11 is 3.36. The summed E-state index contributed by atoms with van der Waals surface area (Å²) in [5.41, 5.74) is 0.901. The summed E-state index contributed by atoms with van der Waals surface area (Å²) in [6, 6.07) is 10.5. The Morgan fingerprint density at radius 1 is 1.28 bits per heavy atom. The maximum Gasteiger partial charge on any atom is 0.271 e. The number of benzene rings is 1. The van der Waals surface area contributed by atoms with Crippen LogP contribution in [0, 0.1) is 0 Å². The van der Waals surface area contributed by atoms with Crippen LogP contribution in [0.4, 0.5) is 5.69 Å². The van der Waals surface area contributed by atoms with Crippen molar-refractivity contribution in [3.8, 4) is 0 Å². The van der Waals surface area contributed by atoms with Gasteiger partial charge >= 0.3 is 0 Å². The van der Waals surface area contributed by atoms with Crippen LogP contribution in [0.5, 0.6) is 0 Å². The van der Waals surface area contributed by atoms with Crippen molar-refractivity contribution in [1.29, 1.82) is 0 Å². The number of nitrogens with one attached hydrogen (secondary N) is 1. The van der Waals surface area contributed by atoms with Gasteiger partial charge in [0.05, 0.1) is 6.54 Å². The van der Waals surface area contributed by atoms with Crippen molar-refractivity contribution in [3.05, 3.63) is 46.6 Å². The Labute approximate surface area is 113 Å². The van der Waals surface area contributed by atoms with Gasteiger partial charge in [-0.05, 0) is 30.3 Å². The van der Waals surface area contributed by atoms with Gasteiger partial charge in [0.1, 0.15) is 5.76 Å². The minimum Gasteiger partial charge on any atom is -0.446 e. The Bertz CT molecular complexity index is 652. The van der Waals surface area contributed by atoms with E-state index >= 15 is 0 Å². The summed E-state index contributed by atoms with van der Waals surface area (Å²) in [5.74, 6) is 0.499. The first kappa shape index (κ1) is 13.1. The van der Waals surface area contributed by atoms with Crippen molar-refractivity contribution in [2.75, 3.05) is 5.32 Å². The van der Waals surface area contributed by atoms with Gasteiger partial charge in [-0.1, -0.05) is 22.0 Å². The van der Waals surface area contributed by atoms with Crippen molar-refractivity contribution in [2.45, 2.75) is 11.6 Å². The first-order chi connectivity index (χ1) is 8.45. The predicted octanol–water partition coefficient (Wildman–Crippen LogP) is 2.30. The Hall–Kier alpha value is -1.31. The number of primary sulfonamides is 1. The minimum absolute atomic E-state index is 0.228. The second-order valence-electron chi connectivity index (χ2n) is 3.63. The molecule has 3 N–H and O–H groups in total. The van der Waals surface area contributed by atoms with Crippen molar-refractivity contribution >= 4 is 31.6 Å². The fourth-order valence-corrected chi connectivity index (χ4v) is 2.27. The lowest BCUT2D eigenvalue weighted by Crippen LogP contribution is -2.10. The van der Waals surface area contributed by atoms with Gasteiger partial charge in [0.15, 0.2) is 0 Å². The van der Waals surface area contributed by atoms with E-state index in [0.717, 1.165) is 10.2 Å². The fourth-order valence-electron chi connectivity index (χ4n) is 1.39. The molecule has 18 heavy (non-hydrogen) atoms. The van der Waals surface area contributed by atoms with Gasteiger partial charge in [0, 0.05) is 10.2 Å². The monoisotopic (exact) mass is 330 g/mol. The third kappa shape index (κ3) is 3.34. The number of hydrogen-bond donors (Lipinski definition) is 2. The van der Waals surface area contributed by atoms with Gasteiger partial charge < -0.3 is 9.73 Å². The highest BCUT2D eigenvalue weighted by Crippen LogP contribution is 2.18. The highest BCUT2D eigenvalue weighted by atomic mass is 79.9. The van der Waals surface area contributed by atoms with E-state index in [9.17, 15) is 8.42 Å². The molecule has 0 saturated carbocycles. The van der Waals surface area contributed by atoms with Crippen LogP contribution in [-0.4, -0.2) is 8.42 Å². The number of sulfonamides is 1. The van der Waals surface area contributed by atoms with Crippen LogP contribution in [0.25, 0.3) is 0 Å². The first-order valence-electron chi connectivity index (χ1n) is 5.06. The molecule has 0 aliphatic rings.